The van der Waals surface area contributed by atoms with Crippen LogP contribution in [-0.2, 0) is 11.3 Å². The van der Waals surface area contributed by atoms with Crippen LogP contribution in [0.25, 0.3) is 0 Å². The number of urea groups is 1. The molecule has 3 rings (SSSR count). The summed E-state index contributed by atoms with van der Waals surface area (Å²) in [7, 11) is 0. The standard InChI is InChI=1S/C21H33N3O3/c1-17-4-2-3-5-18(17)14-24-10-6-19(7-11-24)23-20(26)22-15-21(16-25)8-12-27-13-9-21/h2-5,19,25H,6-16H2,1H3,(H2,22,23,26). The Morgan fingerprint density at radius 1 is 1.26 bits per heavy atom. The van der Waals surface area contributed by atoms with E-state index in [1.54, 1.807) is 0 Å². The largest absolute Gasteiger partial charge is 0.396 e. The average molecular weight is 376 g/mol. The molecule has 1 aromatic carbocycles. The van der Waals surface area contributed by atoms with Gasteiger partial charge in [-0.05, 0) is 43.7 Å². The Hall–Kier alpha value is -1.63. The molecule has 6 nitrogen and oxygen atoms in total. The molecule has 150 valence electrons. The highest BCUT2D eigenvalue weighted by molar-refractivity contribution is 5.74. The van der Waals surface area contributed by atoms with E-state index in [2.05, 4.69) is 46.7 Å². The van der Waals surface area contributed by atoms with Crippen LogP contribution in [0.2, 0.25) is 0 Å². The van der Waals surface area contributed by atoms with Gasteiger partial charge in [-0.25, -0.2) is 4.79 Å². The Morgan fingerprint density at radius 2 is 1.96 bits per heavy atom. The van der Waals surface area contributed by atoms with Crippen LogP contribution in [0.5, 0.6) is 0 Å². The summed E-state index contributed by atoms with van der Waals surface area (Å²) in [6.07, 6.45) is 3.53. The lowest BCUT2D eigenvalue weighted by Gasteiger charge is -2.36. The van der Waals surface area contributed by atoms with Gasteiger partial charge in [-0.2, -0.15) is 0 Å². The normalized spacial score (nSPS) is 21.0. The molecule has 0 saturated carbocycles. The monoisotopic (exact) mass is 375 g/mol. The second kappa shape index (κ2) is 9.53. The van der Waals surface area contributed by atoms with Crippen molar-refractivity contribution in [3.05, 3.63) is 35.4 Å². The number of nitrogens with one attached hydrogen (secondary N) is 2. The number of rotatable bonds is 6. The van der Waals surface area contributed by atoms with Crippen molar-refractivity contribution in [2.75, 3.05) is 39.5 Å². The summed E-state index contributed by atoms with van der Waals surface area (Å²) in [5, 5.41) is 15.8. The zero-order valence-corrected chi connectivity index (χ0v) is 16.4. The van der Waals surface area contributed by atoms with Crippen LogP contribution in [0.15, 0.2) is 24.3 Å². The molecule has 3 N–H and O–H groups in total. The second-order valence-electron chi connectivity index (χ2n) is 8.07. The number of ether oxygens (including phenoxy) is 1. The summed E-state index contributed by atoms with van der Waals surface area (Å²) in [6.45, 7) is 7.04. The summed E-state index contributed by atoms with van der Waals surface area (Å²) in [6, 6.07) is 8.63. The molecule has 1 aromatic rings. The zero-order chi connectivity index (χ0) is 19.1. The molecule has 2 aliphatic rings. The summed E-state index contributed by atoms with van der Waals surface area (Å²) in [4.78, 5) is 14.7. The summed E-state index contributed by atoms with van der Waals surface area (Å²) < 4.78 is 5.37. The number of aliphatic hydroxyl groups is 1. The minimum Gasteiger partial charge on any atom is -0.396 e. The van der Waals surface area contributed by atoms with Crippen molar-refractivity contribution in [3.8, 4) is 0 Å². The van der Waals surface area contributed by atoms with Crippen LogP contribution in [-0.4, -0.2) is 61.5 Å². The van der Waals surface area contributed by atoms with Gasteiger partial charge in [-0.3, -0.25) is 4.90 Å². The lowest BCUT2D eigenvalue weighted by molar-refractivity contribution is -0.0139. The van der Waals surface area contributed by atoms with Gasteiger partial charge in [0.15, 0.2) is 0 Å². The third-order valence-corrected chi connectivity index (χ3v) is 6.09. The van der Waals surface area contributed by atoms with Gasteiger partial charge < -0.3 is 20.5 Å². The first kappa shape index (κ1) is 20.1. The van der Waals surface area contributed by atoms with E-state index in [-0.39, 0.29) is 24.1 Å². The number of hydrogen-bond donors (Lipinski definition) is 3. The fourth-order valence-electron chi connectivity index (χ4n) is 3.96. The number of nitrogens with zero attached hydrogens (tertiary/aromatic N) is 1. The fourth-order valence-corrected chi connectivity index (χ4v) is 3.96. The molecule has 2 amide bonds. The van der Waals surface area contributed by atoms with Crippen LogP contribution in [0.3, 0.4) is 0 Å². The van der Waals surface area contributed by atoms with E-state index >= 15 is 0 Å². The average Bonchev–Trinajstić information content (AvgIpc) is 2.70. The first-order chi connectivity index (χ1) is 13.1. The third-order valence-electron chi connectivity index (χ3n) is 6.09. The Morgan fingerprint density at radius 3 is 2.63 bits per heavy atom. The van der Waals surface area contributed by atoms with Crippen molar-refractivity contribution in [1.29, 1.82) is 0 Å². The van der Waals surface area contributed by atoms with E-state index < -0.39 is 0 Å². The number of amides is 2. The summed E-state index contributed by atoms with van der Waals surface area (Å²) in [5.41, 5.74) is 2.49. The van der Waals surface area contributed by atoms with E-state index in [9.17, 15) is 9.90 Å². The van der Waals surface area contributed by atoms with Gasteiger partial charge >= 0.3 is 6.03 Å². The van der Waals surface area contributed by atoms with Crippen LogP contribution < -0.4 is 10.6 Å². The van der Waals surface area contributed by atoms with E-state index in [4.69, 9.17) is 4.74 Å². The Kier molecular flexibility index (Phi) is 7.10. The summed E-state index contributed by atoms with van der Waals surface area (Å²) >= 11 is 0. The Balaban J connectivity index is 1.38. The Labute approximate surface area is 162 Å². The van der Waals surface area contributed by atoms with E-state index in [1.165, 1.54) is 11.1 Å². The SMILES string of the molecule is Cc1ccccc1CN1CCC(NC(=O)NCC2(CO)CCOCC2)CC1. The molecular weight excluding hydrogens is 342 g/mol. The number of likely N-dealkylation sites (tertiary alicyclic amines) is 1. The number of hydrogen-bond acceptors (Lipinski definition) is 4. The van der Waals surface area contributed by atoms with Crippen LogP contribution in [0.1, 0.15) is 36.8 Å². The zero-order valence-electron chi connectivity index (χ0n) is 16.4. The molecule has 27 heavy (non-hydrogen) atoms. The molecule has 6 heteroatoms. The van der Waals surface area contributed by atoms with Crippen molar-refractivity contribution >= 4 is 6.03 Å². The smallest absolute Gasteiger partial charge is 0.315 e. The fraction of sp³-hybridized carbons (Fsp3) is 0.667. The number of aliphatic hydroxyl groups excluding tert-OH is 1. The van der Waals surface area contributed by atoms with Crippen molar-refractivity contribution in [1.82, 2.24) is 15.5 Å². The quantitative estimate of drug-likeness (QED) is 0.711. The van der Waals surface area contributed by atoms with Gasteiger partial charge in [-0.15, -0.1) is 0 Å². The Bertz CT molecular complexity index is 608. The number of benzene rings is 1. The lowest BCUT2D eigenvalue weighted by Crippen LogP contribution is -2.51. The lowest BCUT2D eigenvalue weighted by atomic mass is 9.81. The van der Waals surface area contributed by atoms with Gasteiger partial charge in [0.2, 0.25) is 0 Å². The molecule has 0 bridgehead atoms. The molecule has 0 spiro atoms. The van der Waals surface area contributed by atoms with Crippen molar-refractivity contribution in [2.24, 2.45) is 5.41 Å². The first-order valence-electron chi connectivity index (χ1n) is 10.1. The maximum absolute atomic E-state index is 12.3. The molecule has 2 heterocycles. The number of aryl methyl sites for hydroxylation is 1. The molecular formula is C21H33N3O3. The minimum atomic E-state index is -0.230. The first-order valence-corrected chi connectivity index (χ1v) is 10.1. The van der Waals surface area contributed by atoms with Gasteiger partial charge in [0.1, 0.15) is 0 Å². The number of piperidine rings is 1. The highest BCUT2D eigenvalue weighted by Crippen LogP contribution is 2.28. The van der Waals surface area contributed by atoms with Crippen LogP contribution >= 0.6 is 0 Å². The number of carbonyl (C=O) groups excluding carboxylic acids is 1. The molecule has 0 unspecified atom stereocenters. The van der Waals surface area contributed by atoms with E-state index in [0.717, 1.165) is 45.3 Å². The van der Waals surface area contributed by atoms with Gasteiger partial charge in [0.25, 0.3) is 0 Å². The minimum absolute atomic E-state index is 0.0912. The molecule has 0 aliphatic carbocycles. The molecule has 0 aromatic heterocycles. The molecule has 2 aliphatic heterocycles. The maximum Gasteiger partial charge on any atom is 0.315 e. The predicted octanol–water partition coefficient (Wildman–Crippen LogP) is 2.05. The van der Waals surface area contributed by atoms with E-state index in [0.29, 0.717) is 19.8 Å². The van der Waals surface area contributed by atoms with Crippen LogP contribution in [0.4, 0.5) is 4.79 Å². The topological polar surface area (TPSA) is 73.8 Å². The molecule has 2 saturated heterocycles. The van der Waals surface area contributed by atoms with Gasteiger partial charge in [0.05, 0.1) is 6.61 Å². The van der Waals surface area contributed by atoms with Crippen LogP contribution in [0, 0.1) is 12.3 Å². The third kappa shape index (κ3) is 5.67. The predicted molar refractivity (Wildman–Crippen MR) is 106 cm³/mol. The maximum atomic E-state index is 12.3. The van der Waals surface area contributed by atoms with Gasteiger partial charge in [-0.1, -0.05) is 24.3 Å². The van der Waals surface area contributed by atoms with Crippen molar-refractivity contribution in [3.63, 3.8) is 0 Å². The van der Waals surface area contributed by atoms with E-state index in [1.807, 2.05) is 0 Å². The number of carbonyl (C=O) groups is 1. The molecule has 0 atom stereocenters. The molecule has 0 radical (unpaired) electrons. The highest BCUT2D eigenvalue weighted by Gasteiger charge is 2.32. The summed E-state index contributed by atoms with van der Waals surface area (Å²) in [5.74, 6) is 0. The second-order valence-corrected chi connectivity index (χ2v) is 8.07. The van der Waals surface area contributed by atoms with Gasteiger partial charge in [0, 0.05) is 50.8 Å². The van der Waals surface area contributed by atoms with Crippen molar-refractivity contribution < 1.29 is 14.6 Å². The highest BCUT2D eigenvalue weighted by atomic mass is 16.5. The van der Waals surface area contributed by atoms with Crippen molar-refractivity contribution in [2.45, 2.75) is 45.2 Å². The molecule has 2 fully saturated rings.